The Hall–Kier alpha value is -3.19. The van der Waals surface area contributed by atoms with Crippen molar-refractivity contribution in [1.29, 1.82) is 0 Å². The van der Waals surface area contributed by atoms with E-state index in [1.807, 2.05) is 67.2 Å². The van der Waals surface area contributed by atoms with Gasteiger partial charge in [0.05, 0.1) is 40.0 Å². The number of aryl methyl sites for hydroxylation is 1. The van der Waals surface area contributed by atoms with Crippen molar-refractivity contribution < 1.29 is 4.79 Å². The van der Waals surface area contributed by atoms with Gasteiger partial charge >= 0.3 is 0 Å². The fourth-order valence-electron chi connectivity index (χ4n) is 3.12. The summed E-state index contributed by atoms with van der Waals surface area (Å²) in [5, 5.41) is 11.7. The number of aromatic nitrogens is 4. The highest BCUT2D eigenvalue weighted by Crippen LogP contribution is 2.23. The van der Waals surface area contributed by atoms with Crippen LogP contribution >= 0.6 is 15.9 Å². The number of carbonyl (C=O) groups is 1. The van der Waals surface area contributed by atoms with Gasteiger partial charge in [0.2, 0.25) is 0 Å². The second-order valence-electron chi connectivity index (χ2n) is 6.81. The van der Waals surface area contributed by atoms with Crippen LogP contribution in [0.1, 0.15) is 27.3 Å². The topological polar surface area (TPSA) is 64.7 Å². The van der Waals surface area contributed by atoms with Crippen LogP contribution in [0.25, 0.3) is 5.69 Å². The first-order valence-corrected chi connectivity index (χ1v) is 10.0. The number of carbonyl (C=O) groups excluding carboxylic acids is 1. The van der Waals surface area contributed by atoms with Gasteiger partial charge in [-0.05, 0) is 59.6 Å². The molecule has 0 fully saturated rings. The minimum atomic E-state index is -0.176. The molecule has 0 saturated heterocycles. The summed E-state index contributed by atoms with van der Waals surface area (Å²) in [6.07, 6.45) is 3.48. The van der Waals surface area contributed by atoms with Crippen LogP contribution in [0.2, 0.25) is 0 Å². The highest BCUT2D eigenvalue weighted by atomic mass is 79.9. The molecule has 0 aliphatic rings. The van der Waals surface area contributed by atoms with Crippen molar-refractivity contribution in [1.82, 2.24) is 19.6 Å². The molecule has 0 atom stereocenters. The van der Waals surface area contributed by atoms with E-state index < -0.39 is 0 Å². The standard InChI is InChI=1S/C22H20BrN5O/c1-15-21(23)16(2)28(26-15)20-10-8-18(9-11-20)22(29)25-19-12-24-27(14-19)13-17-6-4-3-5-7-17/h3-12,14H,13H2,1-2H3,(H,25,29). The first-order chi connectivity index (χ1) is 14.0. The van der Waals surface area contributed by atoms with E-state index in [4.69, 9.17) is 0 Å². The van der Waals surface area contributed by atoms with Gasteiger partial charge in [-0.2, -0.15) is 10.2 Å². The van der Waals surface area contributed by atoms with Crippen LogP contribution in [0.4, 0.5) is 5.69 Å². The van der Waals surface area contributed by atoms with E-state index in [9.17, 15) is 4.79 Å². The summed E-state index contributed by atoms with van der Waals surface area (Å²) in [5.74, 6) is -0.176. The SMILES string of the molecule is Cc1nn(-c2ccc(C(=O)Nc3cnn(Cc4ccccc4)c3)cc2)c(C)c1Br. The maximum absolute atomic E-state index is 12.6. The molecule has 0 unspecified atom stereocenters. The van der Waals surface area contributed by atoms with Crippen LogP contribution in [0.15, 0.2) is 71.5 Å². The molecule has 2 aromatic heterocycles. The number of benzene rings is 2. The van der Waals surface area contributed by atoms with Crippen LogP contribution < -0.4 is 5.32 Å². The van der Waals surface area contributed by atoms with E-state index in [0.29, 0.717) is 17.8 Å². The number of nitrogens with one attached hydrogen (secondary N) is 1. The maximum atomic E-state index is 12.6. The van der Waals surface area contributed by atoms with Gasteiger partial charge in [-0.1, -0.05) is 30.3 Å². The van der Waals surface area contributed by atoms with Crippen molar-refractivity contribution in [3.63, 3.8) is 0 Å². The summed E-state index contributed by atoms with van der Waals surface area (Å²) in [4.78, 5) is 12.6. The van der Waals surface area contributed by atoms with Crippen molar-refractivity contribution >= 4 is 27.5 Å². The number of nitrogens with zero attached hydrogens (tertiary/aromatic N) is 4. The van der Waals surface area contributed by atoms with Crippen molar-refractivity contribution in [2.75, 3.05) is 5.32 Å². The first-order valence-electron chi connectivity index (χ1n) is 9.21. The number of hydrogen-bond acceptors (Lipinski definition) is 3. The minimum absolute atomic E-state index is 0.176. The molecule has 1 N–H and O–H groups in total. The van der Waals surface area contributed by atoms with Crippen LogP contribution in [-0.4, -0.2) is 25.5 Å². The Kier molecular flexibility index (Phi) is 5.31. The molecule has 0 spiro atoms. The Labute approximate surface area is 177 Å². The van der Waals surface area contributed by atoms with Gasteiger partial charge in [0, 0.05) is 11.8 Å². The Morgan fingerprint density at radius 2 is 1.79 bits per heavy atom. The first kappa shape index (κ1) is 19.1. The summed E-state index contributed by atoms with van der Waals surface area (Å²) < 4.78 is 4.65. The van der Waals surface area contributed by atoms with Gasteiger partial charge < -0.3 is 5.32 Å². The van der Waals surface area contributed by atoms with Crippen LogP contribution in [0, 0.1) is 13.8 Å². The van der Waals surface area contributed by atoms with Gasteiger partial charge in [-0.3, -0.25) is 9.48 Å². The molecule has 0 aliphatic carbocycles. The fourth-order valence-corrected chi connectivity index (χ4v) is 3.36. The summed E-state index contributed by atoms with van der Waals surface area (Å²) >= 11 is 3.54. The molecule has 146 valence electrons. The molecule has 4 aromatic rings. The molecule has 4 rings (SSSR count). The number of amides is 1. The summed E-state index contributed by atoms with van der Waals surface area (Å²) in [5.41, 5.74) is 5.24. The van der Waals surface area contributed by atoms with Crippen molar-refractivity contribution in [3.05, 3.63) is 94.0 Å². The molecular formula is C22H20BrN5O. The predicted molar refractivity (Wildman–Crippen MR) is 116 cm³/mol. The summed E-state index contributed by atoms with van der Waals surface area (Å²) in [6.45, 7) is 4.61. The zero-order valence-corrected chi connectivity index (χ0v) is 17.7. The Balaban J connectivity index is 1.44. The van der Waals surface area contributed by atoms with Gasteiger partial charge in [-0.15, -0.1) is 0 Å². The molecule has 0 bridgehead atoms. The average molecular weight is 450 g/mol. The van der Waals surface area contributed by atoms with Crippen LogP contribution in [-0.2, 0) is 6.54 Å². The number of halogens is 1. The quantitative estimate of drug-likeness (QED) is 0.478. The molecule has 2 heterocycles. The van der Waals surface area contributed by atoms with Crippen molar-refractivity contribution in [2.24, 2.45) is 0 Å². The smallest absolute Gasteiger partial charge is 0.255 e. The van der Waals surface area contributed by atoms with E-state index in [2.05, 4.69) is 31.4 Å². The Morgan fingerprint density at radius 1 is 1.07 bits per heavy atom. The highest BCUT2D eigenvalue weighted by Gasteiger charge is 2.12. The zero-order chi connectivity index (χ0) is 20.4. The van der Waals surface area contributed by atoms with E-state index >= 15 is 0 Å². The molecule has 2 aromatic carbocycles. The molecule has 29 heavy (non-hydrogen) atoms. The van der Waals surface area contributed by atoms with E-state index in [0.717, 1.165) is 27.1 Å². The van der Waals surface area contributed by atoms with Crippen LogP contribution in [0.3, 0.4) is 0 Å². The minimum Gasteiger partial charge on any atom is -0.319 e. The maximum Gasteiger partial charge on any atom is 0.255 e. The third-order valence-electron chi connectivity index (χ3n) is 4.66. The van der Waals surface area contributed by atoms with Gasteiger partial charge in [0.15, 0.2) is 0 Å². The molecule has 1 amide bonds. The Bertz CT molecular complexity index is 1150. The fraction of sp³-hybridized carbons (Fsp3) is 0.136. The molecule has 6 nitrogen and oxygen atoms in total. The highest BCUT2D eigenvalue weighted by molar-refractivity contribution is 9.10. The van der Waals surface area contributed by atoms with Gasteiger partial charge in [0.1, 0.15) is 0 Å². The largest absolute Gasteiger partial charge is 0.319 e. The third-order valence-corrected chi connectivity index (χ3v) is 5.80. The van der Waals surface area contributed by atoms with E-state index in [1.165, 1.54) is 0 Å². The van der Waals surface area contributed by atoms with E-state index in [1.54, 1.807) is 23.0 Å². The zero-order valence-electron chi connectivity index (χ0n) is 16.1. The monoisotopic (exact) mass is 449 g/mol. The van der Waals surface area contributed by atoms with Crippen molar-refractivity contribution in [2.45, 2.75) is 20.4 Å². The lowest BCUT2D eigenvalue weighted by atomic mass is 10.2. The third kappa shape index (κ3) is 4.14. The molecule has 0 saturated carbocycles. The lowest BCUT2D eigenvalue weighted by Gasteiger charge is -2.07. The molecule has 0 aliphatic heterocycles. The average Bonchev–Trinajstić information content (AvgIpc) is 3.28. The van der Waals surface area contributed by atoms with E-state index in [-0.39, 0.29) is 5.91 Å². The van der Waals surface area contributed by atoms with Crippen molar-refractivity contribution in [3.8, 4) is 5.69 Å². The second kappa shape index (κ2) is 8.05. The second-order valence-corrected chi connectivity index (χ2v) is 7.60. The van der Waals surface area contributed by atoms with Gasteiger partial charge in [-0.25, -0.2) is 4.68 Å². The number of rotatable bonds is 5. The molecule has 7 heteroatoms. The number of hydrogen-bond donors (Lipinski definition) is 1. The molecular weight excluding hydrogens is 430 g/mol. The normalized spacial score (nSPS) is 10.9. The lowest BCUT2D eigenvalue weighted by Crippen LogP contribution is -2.11. The van der Waals surface area contributed by atoms with Crippen LogP contribution in [0.5, 0.6) is 0 Å². The lowest BCUT2D eigenvalue weighted by molar-refractivity contribution is 0.102. The number of anilines is 1. The predicted octanol–water partition coefficient (Wildman–Crippen LogP) is 4.75. The van der Waals surface area contributed by atoms with Gasteiger partial charge in [0.25, 0.3) is 5.91 Å². The molecule has 0 radical (unpaired) electrons. The Morgan fingerprint density at radius 3 is 2.45 bits per heavy atom. The summed E-state index contributed by atoms with van der Waals surface area (Å²) in [6, 6.07) is 17.4. The summed E-state index contributed by atoms with van der Waals surface area (Å²) in [7, 11) is 0.